The highest BCUT2D eigenvalue weighted by atomic mass is 79.9. The summed E-state index contributed by atoms with van der Waals surface area (Å²) in [4.78, 5) is 58.5. The van der Waals surface area contributed by atoms with Gasteiger partial charge in [0.25, 0.3) is 11.8 Å². The van der Waals surface area contributed by atoms with E-state index in [1.165, 1.54) is 18.2 Å². The van der Waals surface area contributed by atoms with Crippen LogP contribution in [-0.4, -0.2) is 134 Å². The summed E-state index contributed by atoms with van der Waals surface area (Å²) in [5.41, 5.74) is 2.42. The first-order chi connectivity index (χ1) is 26.7. The van der Waals surface area contributed by atoms with Gasteiger partial charge in [0.1, 0.15) is 11.2 Å². The van der Waals surface area contributed by atoms with Gasteiger partial charge >= 0.3 is 0 Å². The van der Waals surface area contributed by atoms with E-state index in [0.717, 1.165) is 12.1 Å². The molecular formula is C40H53BrN6O9. The first kappa shape index (κ1) is 42.8. The van der Waals surface area contributed by atoms with E-state index in [0.29, 0.717) is 117 Å². The first-order valence-electron chi connectivity index (χ1n) is 18.8. The maximum Gasteiger partial charge on any atom is 0.251 e. The summed E-state index contributed by atoms with van der Waals surface area (Å²) >= 11 is 3.57. The zero-order valence-electron chi connectivity index (χ0n) is 33.0. The Bertz CT molecular complexity index is 1960. The number of rotatable bonds is 12. The Morgan fingerprint density at radius 3 is 1.46 bits per heavy atom. The van der Waals surface area contributed by atoms with Crippen LogP contribution in [0, 0.1) is 0 Å². The lowest BCUT2D eigenvalue weighted by Crippen LogP contribution is -2.36. The van der Waals surface area contributed by atoms with Gasteiger partial charge in [-0.3, -0.25) is 19.2 Å². The molecule has 0 aliphatic carbocycles. The number of fused-ring (bicyclic) bond motifs is 2. The van der Waals surface area contributed by atoms with Crippen LogP contribution in [0.5, 0.6) is 0 Å². The fourth-order valence-corrected chi connectivity index (χ4v) is 6.62. The molecule has 16 heteroatoms. The molecule has 0 saturated carbocycles. The van der Waals surface area contributed by atoms with E-state index in [4.69, 9.17) is 18.3 Å². The maximum absolute atomic E-state index is 12.8. The number of benzene rings is 2. The number of nitrogens with one attached hydrogen (secondary N) is 2. The summed E-state index contributed by atoms with van der Waals surface area (Å²) in [6.45, 7) is 11.0. The third-order valence-electron chi connectivity index (χ3n) is 9.43. The van der Waals surface area contributed by atoms with E-state index in [2.05, 4.69) is 26.6 Å². The minimum Gasteiger partial charge on any atom is -0.440 e. The summed E-state index contributed by atoms with van der Waals surface area (Å²) in [5, 5.41) is 16.7. The molecule has 2 aromatic heterocycles. The molecule has 4 aromatic rings. The van der Waals surface area contributed by atoms with Crippen LogP contribution in [0.25, 0.3) is 21.9 Å². The number of alkyl halides is 1. The number of hydrogen-bond acceptors (Lipinski definition) is 13. The van der Waals surface area contributed by atoms with Crippen LogP contribution in [0.3, 0.4) is 0 Å². The van der Waals surface area contributed by atoms with Gasteiger partial charge in [0.15, 0.2) is 22.6 Å². The molecule has 2 saturated heterocycles. The van der Waals surface area contributed by atoms with Gasteiger partial charge in [0.2, 0.25) is 0 Å². The van der Waals surface area contributed by atoms with Gasteiger partial charge in [-0.1, -0.05) is 15.9 Å². The third-order valence-corrected chi connectivity index (χ3v) is 9.92. The summed E-state index contributed by atoms with van der Waals surface area (Å²) in [5.74, 6) is 0.501. The summed E-state index contributed by atoms with van der Waals surface area (Å²) in [6.07, 6.45) is -0.889. The second-order valence-electron chi connectivity index (χ2n) is 14.4. The molecule has 2 aliphatic heterocycles. The molecule has 0 spiro atoms. The third kappa shape index (κ3) is 11.0. The molecule has 0 bridgehead atoms. The number of aliphatic hydroxyl groups excluding tert-OH is 1. The molecule has 0 radical (unpaired) electrons. The Morgan fingerprint density at radius 1 is 0.696 bits per heavy atom. The van der Waals surface area contributed by atoms with Crippen molar-refractivity contribution in [3.8, 4) is 0 Å². The molecule has 2 atom stereocenters. The minimum absolute atomic E-state index is 0.0763. The second kappa shape index (κ2) is 19.7. The van der Waals surface area contributed by atoms with Crippen molar-refractivity contribution in [3.05, 3.63) is 79.1 Å². The van der Waals surface area contributed by atoms with Crippen molar-refractivity contribution >= 4 is 61.5 Å². The summed E-state index contributed by atoms with van der Waals surface area (Å²) in [6, 6.07) is 9.47. The van der Waals surface area contributed by atoms with Gasteiger partial charge in [-0.2, -0.15) is 0 Å². The quantitative estimate of drug-likeness (QED) is 0.178. The molecule has 2 amide bonds. The van der Waals surface area contributed by atoms with E-state index >= 15 is 0 Å². The Labute approximate surface area is 334 Å². The molecule has 2 aliphatic rings. The lowest BCUT2D eigenvalue weighted by Gasteiger charge is -2.27. The van der Waals surface area contributed by atoms with Crippen molar-refractivity contribution in [2.24, 2.45) is 0 Å². The highest BCUT2D eigenvalue weighted by Gasteiger charge is 2.22. The standard InChI is InChI=1S/C20H26BrN3O4.C20H27N3O5/c1-13(21)15-10-14(20(26)22-4-5-23(2)3)11-16-17(25)12-18(28-19(15)16)24-6-8-27-9-7-24;1-13(24)15-10-14(20(26)21-4-5-22(2)3)11-16-17(25)12-18(28-19(15)16)23-6-8-27-9-7-23/h10-13H,4-9H2,1-3H3,(H,22,26);10-13,24H,4-9H2,1-3H3,(H,21,26). The average molecular weight is 842 g/mol. The highest BCUT2D eigenvalue weighted by molar-refractivity contribution is 9.09. The topological polar surface area (TPSA) is 170 Å². The van der Waals surface area contributed by atoms with E-state index in [1.54, 1.807) is 25.1 Å². The largest absolute Gasteiger partial charge is 0.440 e. The van der Waals surface area contributed by atoms with Crippen molar-refractivity contribution in [2.75, 3.05) is 117 Å². The minimum atomic E-state index is -0.889. The first-order valence-corrected chi connectivity index (χ1v) is 19.7. The van der Waals surface area contributed by atoms with Crippen molar-refractivity contribution in [3.63, 3.8) is 0 Å². The number of ether oxygens (including phenoxy) is 2. The fourth-order valence-electron chi connectivity index (χ4n) is 6.28. The highest BCUT2D eigenvalue weighted by Crippen LogP contribution is 2.32. The summed E-state index contributed by atoms with van der Waals surface area (Å²) in [7, 11) is 7.74. The normalized spacial score (nSPS) is 15.8. The maximum atomic E-state index is 12.8. The number of morpholine rings is 2. The van der Waals surface area contributed by atoms with Crippen LogP contribution in [0.4, 0.5) is 11.8 Å². The molecule has 3 N–H and O–H groups in total. The SMILES string of the molecule is CC(Br)c1cc(C(=O)NCCN(C)C)cc2c(=O)cc(N3CCOCC3)oc12.CC(O)c1cc(C(=O)NCCN(C)C)cc2c(=O)cc(N3CCOCC3)oc12. The van der Waals surface area contributed by atoms with Crippen LogP contribution in [0.15, 0.2) is 54.8 Å². The molecule has 304 valence electrons. The van der Waals surface area contributed by atoms with E-state index in [9.17, 15) is 24.3 Å². The number of carbonyl (C=O) groups is 2. The molecular weight excluding hydrogens is 788 g/mol. The average Bonchev–Trinajstić information content (AvgIpc) is 3.17. The van der Waals surface area contributed by atoms with E-state index in [1.807, 2.05) is 54.7 Å². The smallest absolute Gasteiger partial charge is 0.251 e. The Morgan fingerprint density at radius 2 is 1.09 bits per heavy atom. The van der Waals surface area contributed by atoms with E-state index < -0.39 is 6.10 Å². The van der Waals surface area contributed by atoms with Crippen molar-refractivity contribution in [2.45, 2.75) is 24.8 Å². The number of carbonyl (C=O) groups excluding carboxylic acids is 2. The van der Waals surface area contributed by atoms with Crippen LogP contribution in [-0.2, 0) is 9.47 Å². The lowest BCUT2D eigenvalue weighted by atomic mass is 10.0. The van der Waals surface area contributed by atoms with Gasteiger partial charge in [-0.25, -0.2) is 0 Å². The lowest BCUT2D eigenvalue weighted by molar-refractivity contribution is 0.0942. The monoisotopic (exact) mass is 840 g/mol. The van der Waals surface area contributed by atoms with Gasteiger partial charge < -0.3 is 53.6 Å². The predicted molar refractivity (Wildman–Crippen MR) is 221 cm³/mol. The molecule has 2 unspecified atom stereocenters. The molecule has 2 aromatic carbocycles. The number of nitrogens with zero attached hydrogens (tertiary/aromatic N) is 4. The number of amides is 2. The number of aliphatic hydroxyl groups is 1. The fraction of sp³-hybridized carbons (Fsp3) is 0.500. The van der Waals surface area contributed by atoms with E-state index in [-0.39, 0.29) is 32.9 Å². The Hall–Kier alpha value is -4.32. The zero-order valence-corrected chi connectivity index (χ0v) is 34.6. The second-order valence-corrected chi connectivity index (χ2v) is 15.8. The van der Waals surface area contributed by atoms with Crippen molar-refractivity contribution in [1.82, 2.24) is 20.4 Å². The van der Waals surface area contributed by atoms with Crippen LogP contribution in [0.2, 0.25) is 0 Å². The van der Waals surface area contributed by atoms with Crippen LogP contribution < -0.4 is 31.3 Å². The predicted octanol–water partition coefficient (Wildman–Crippen LogP) is 3.35. The number of likely N-dealkylation sites (N-methyl/N-ethyl adjacent to an activating group) is 2. The van der Waals surface area contributed by atoms with Crippen molar-refractivity contribution in [1.29, 1.82) is 0 Å². The molecule has 15 nitrogen and oxygen atoms in total. The Balaban J connectivity index is 0.000000214. The molecule has 2 fully saturated rings. The number of halogens is 1. The number of anilines is 2. The summed E-state index contributed by atoms with van der Waals surface area (Å²) < 4.78 is 22.8. The molecule has 4 heterocycles. The Kier molecular flexibility index (Phi) is 15.1. The van der Waals surface area contributed by atoms with Crippen molar-refractivity contribution < 1.29 is 33.0 Å². The van der Waals surface area contributed by atoms with Gasteiger partial charge in [0, 0.05) is 91.6 Å². The van der Waals surface area contributed by atoms with Gasteiger partial charge in [-0.15, -0.1) is 0 Å². The zero-order chi connectivity index (χ0) is 40.5. The van der Waals surface area contributed by atoms with Gasteiger partial charge in [0.05, 0.1) is 43.3 Å². The number of hydrogen-bond donors (Lipinski definition) is 3. The van der Waals surface area contributed by atoms with Crippen LogP contribution in [0.1, 0.15) is 56.6 Å². The molecule has 6 rings (SSSR count). The van der Waals surface area contributed by atoms with Crippen LogP contribution >= 0.6 is 15.9 Å². The molecule has 56 heavy (non-hydrogen) atoms. The van der Waals surface area contributed by atoms with Gasteiger partial charge in [-0.05, 0) is 66.3 Å².